The summed E-state index contributed by atoms with van der Waals surface area (Å²) in [4.78, 5) is 15.9. The number of nitrogens with zero attached hydrogens (tertiary/aromatic N) is 2. The van der Waals surface area contributed by atoms with Crippen molar-refractivity contribution in [1.82, 2.24) is 9.80 Å². The third-order valence-corrected chi connectivity index (χ3v) is 6.62. The number of carbonyl (C=O) groups excluding carboxylic acids is 1. The van der Waals surface area contributed by atoms with Gasteiger partial charge in [0.2, 0.25) is 0 Å². The van der Waals surface area contributed by atoms with Crippen LogP contribution in [0.4, 0.5) is 18.0 Å². The van der Waals surface area contributed by atoms with E-state index in [0.29, 0.717) is 31.5 Å². The van der Waals surface area contributed by atoms with Gasteiger partial charge in [-0.2, -0.15) is 13.2 Å². The molecule has 0 saturated heterocycles. The van der Waals surface area contributed by atoms with Crippen molar-refractivity contribution >= 4 is 6.09 Å². The molecule has 2 N–H and O–H groups in total. The van der Waals surface area contributed by atoms with Crippen LogP contribution in [0.2, 0.25) is 0 Å². The Kier molecular flexibility index (Phi) is 12.1. The molecule has 1 amide bonds. The van der Waals surface area contributed by atoms with Crippen molar-refractivity contribution in [3.05, 3.63) is 29.8 Å². The molecule has 0 bridgehead atoms. The number of alkyl halides is 3. The predicted octanol–water partition coefficient (Wildman–Crippen LogP) is 4.79. The summed E-state index contributed by atoms with van der Waals surface area (Å²) >= 11 is 0. The largest absolute Gasteiger partial charge is 0.416 e. The zero-order valence-electron chi connectivity index (χ0n) is 20.1. The molecule has 0 spiro atoms. The molecule has 2 rings (SSSR count). The van der Waals surface area contributed by atoms with E-state index in [1.807, 2.05) is 0 Å². The second-order valence-electron chi connectivity index (χ2n) is 9.30. The topological polar surface area (TPSA) is 73.2 Å². The summed E-state index contributed by atoms with van der Waals surface area (Å²) in [7, 11) is 1.66. The van der Waals surface area contributed by atoms with Crippen molar-refractivity contribution in [2.24, 2.45) is 11.8 Å². The fourth-order valence-electron chi connectivity index (χ4n) is 4.62. The highest BCUT2D eigenvalue weighted by Gasteiger charge is 2.30. The lowest BCUT2D eigenvalue weighted by Crippen LogP contribution is -2.35. The molecule has 34 heavy (non-hydrogen) atoms. The Bertz CT molecular complexity index is 701. The van der Waals surface area contributed by atoms with Crippen LogP contribution in [0.15, 0.2) is 24.3 Å². The monoisotopic (exact) mass is 488 g/mol. The number of ether oxygens (including phenoxy) is 1. The van der Waals surface area contributed by atoms with Gasteiger partial charge in [-0.15, -0.1) is 0 Å². The van der Waals surface area contributed by atoms with Crippen molar-refractivity contribution in [3.63, 3.8) is 0 Å². The molecule has 1 aromatic rings. The Hall–Kier alpha value is -1.84. The predicted molar refractivity (Wildman–Crippen MR) is 125 cm³/mol. The highest BCUT2D eigenvalue weighted by atomic mass is 19.4. The molecule has 9 heteroatoms. The fourth-order valence-corrected chi connectivity index (χ4v) is 4.62. The normalized spacial score (nSPS) is 18.8. The Labute approximate surface area is 200 Å². The SMILES string of the molecule is CN(CC1CCC(CCCCCN(CCO)CCO)CC1)C(=O)Oc1ccc(C(F)(F)F)cc1. The van der Waals surface area contributed by atoms with Gasteiger partial charge in [0.05, 0.1) is 18.8 Å². The molecule has 0 aromatic heterocycles. The van der Waals surface area contributed by atoms with Gasteiger partial charge in [-0.25, -0.2) is 4.79 Å². The van der Waals surface area contributed by atoms with Gasteiger partial charge in [-0.3, -0.25) is 4.90 Å². The van der Waals surface area contributed by atoms with Crippen molar-refractivity contribution in [2.75, 3.05) is 46.4 Å². The average Bonchev–Trinajstić information content (AvgIpc) is 2.80. The van der Waals surface area contributed by atoms with Gasteiger partial charge in [0.25, 0.3) is 0 Å². The molecule has 6 nitrogen and oxygen atoms in total. The van der Waals surface area contributed by atoms with Crippen LogP contribution in [-0.2, 0) is 6.18 Å². The number of hydrogen-bond acceptors (Lipinski definition) is 5. The van der Waals surface area contributed by atoms with Crippen LogP contribution in [0.3, 0.4) is 0 Å². The van der Waals surface area contributed by atoms with E-state index in [9.17, 15) is 18.0 Å². The van der Waals surface area contributed by atoms with Crippen LogP contribution >= 0.6 is 0 Å². The quantitative estimate of drug-likeness (QED) is 0.391. The Morgan fingerprint density at radius 3 is 2.09 bits per heavy atom. The summed E-state index contributed by atoms with van der Waals surface area (Å²) in [6.07, 6.45) is 4.04. The van der Waals surface area contributed by atoms with Crippen LogP contribution in [-0.4, -0.2) is 72.5 Å². The Morgan fingerprint density at radius 1 is 0.941 bits per heavy atom. The van der Waals surface area contributed by atoms with E-state index in [0.717, 1.165) is 69.3 Å². The first-order chi connectivity index (χ1) is 16.2. The minimum absolute atomic E-state index is 0.101. The van der Waals surface area contributed by atoms with Crippen LogP contribution in [0.5, 0.6) is 5.75 Å². The lowest BCUT2D eigenvalue weighted by molar-refractivity contribution is -0.137. The van der Waals surface area contributed by atoms with Gasteiger partial charge in [-0.1, -0.05) is 32.1 Å². The van der Waals surface area contributed by atoms with Crippen LogP contribution < -0.4 is 4.74 Å². The minimum atomic E-state index is -4.42. The molecule has 0 radical (unpaired) electrons. The number of carbonyl (C=O) groups is 1. The van der Waals surface area contributed by atoms with Crippen molar-refractivity contribution in [3.8, 4) is 5.75 Å². The van der Waals surface area contributed by atoms with Gasteiger partial charge in [0.1, 0.15) is 5.75 Å². The lowest BCUT2D eigenvalue weighted by atomic mass is 9.79. The van der Waals surface area contributed by atoms with E-state index in [1.165, 1.54) is 17.7 Å². The van der Waals surface area contributed by atoms with Crippen molar-refractivity contribution in [1.29, 1.82) is 0 Å². The van der Waals surface area contributed by atoms with Gasteiger partial charge >= 0.3 is 12.3 Å². The van der Waals surface area contributed by atoms with Gasteiger partial charge in [0, 0.05) is 26.7 Å². The first kappa shape index (κ1) is 28.4. The smallest absolute Gasteiger partial charge is 0.410 e. The maximum Gasteiger partial charge on any atom is 0.416 e. The molecule has 0 unspecified atom stereocenters. The number of rotatable bonds is 13. The number of hydrogen-bond donors (Lipinski definition) is 2. The number of aliphatic hydroxyl groups is 2. The summed E-state index contributed by atoms with van der Waals surface area (Å²) in [5.74, 6) is 1.22. The van der Waals surface area contributed by atoms with Crippen molar-refractivity contribution in [2.45, 2.75) is 57.5 Å². The summed E-state index contributed by atoms with van der Waals surface area (Å²) in [5, 5.41) is 18.1. The maximum atomic E-state index is 12.6. The van der Waals surface area contributed by atoms with E-state index < -0.39 is 17.8 Å². The van der Waals surface area contributed by atoms with Crippen LogP contribution in [0, 0.1) is 11.8 Å². The number of halogens is 3. The summed E-state index contributed by atoms with van der Waals surface area (Å²) < 4.78 is 43.2. The third kappa shape index (κ3) is 10.2. The van der Waals surface area contributed by atoms with Crippen LogP contribution in [0.25, 0.3) is 0 Å². The van der Waals surface area contributed by atoms with Crippen molar-refractivity contribution < 1.29 is 32.9 Å². The highest BCUT2D eigenvalue weighted by Crippen LogP contribution is 2.33. The molecule has 194 valence electrons. The molecule has 1 aromatic carbocycles. The molecule has 0 atom stereocenters. The number of unbranched alkanes of at least 4 members (excludes halogenated alkanes) is 2. The summed E-state index contributed by atoms with van der Waals surface area (Å²) in [5.41, 5.74) is -0.775. The van der Waals surface area contributed by atoms with Gasteiger partial charge in [0.15, 0.2) is 0 Å². The number of amides is 1. The summed E-state index contributed by atoms with van der Waals surface area (Å²) in [6, 6.07) is 4.14. The zero-order chi connectivity index (χ0) is 25.0. The van der Waals surface area contributed by atoms with E-state index in [4.69, 9.17) is 14.9 Å². The summed E-state index contributed by atoms with van der Waals surface area (Å²) in [6.45, 7) is 2.94. The highest BCUT2D eigenvalue weighted by molar-refractivity contribution is 5.70. The Morgan fingerprint density at radius 2 is 1.53 bits per heavy atom. The molecule has 1 fully saturated rings. The molecule has 0 aliphatic heterocycles. The first-order valence-electron chi connectivity index (χ1n) is 12.3. The van der Waals surface area contributed by atoms with E-state index in [1.54, 1.807) is 7.05 Å². The second kappa shape index (κ2) is 14.5. The first-order valence-corrected chi connectivity index (χ1v) is 12.3. The molecule has 1 aliphatic carbocycles. The van der Waals surface area contributed by atoms with Gasteiger partial charge < -0.3 is 19.8 Å². The van der Waals surface area contributed by atoms with E-state index in [2.05, 4.69) is 4.90 Å². The van der Waals surface area contributed by atoms with E-state index >= 15 is 0 Å². The van der Waals surface area contributed by atoms with Crippen LogP contribution in [0.1, 0.15) is 56.9 Å². The zero-order valence-corrected chi connectivity index (χ0v) is 20.1. The Balaban J connectivity index is 1.61. The molecular weight excluding hydrogens is 449 g/mol. The minimum Gasteiger partial charge on any atom is -0.410 e. The molecule has 1 saturated carbocycles. The van der Waals surface area contributed by atoms with E-state index in [-0.39, 0.29) is 19.0 Å². The maximum absolute atomic E-state index is 12.6. The number of benzene rings is 1. The third-order valence-electron chi connectivity index (χ3n) is 6.62. The van der Waals surface area contributed by atoms with Gasteiger partial charge in [-0.05, 0) is 61.9 Å². The average molecular weight is 489 g/mol. The standard InChI is InChI=1S/C25H39F3N2O4/c1-29(24(33)34-23-12-10-22(11-13-23)25(26,27)28)19-21-8-6-20(7-9-21)5-3-2-4-14-30(15-17-31)16-18-32/h10-13,20-21,31-32H,2-9,14-19H2,1H3. The molecule has 1 aliphatic rings. The molecular formula is C25H39F3N2O4. The lowest BCUT2D eigenvalue weighted by Gasteiger charge is -2.31. The fraction of sp³-hybridized carbons (Fsp3) is 0.720. The molecule has 0 heterocycles. The number of aliphatic hydroxyl groups excluding tert-OH is 2. The second-order valence-corrected chi connectivity index (χ2v) is 9.30.